The third-order valence-electron chi connectivity index (χ3n) is 5.43. The number of halogens is 1. The van der Waals surface area contributed by atoms with Gasteiger partial charge < -0.3 is 15.7 Å². The van der Waals surface area contributed by atoms with E-state index in [1.54, 1.807) is 18.5 Å². The van der Waals surface area contributed by atoms with Crippen LogP contribution in [0.15, 0.2) is 36.7 Å². The van der Waals surface area contributed by atoms with E-state index in [0.29, 0.717) is 35.3 Å². The Kier molecular flexibility index (Phi) is 6.19. The van der Waals surface area contributed by atoms with Crippen molar-refractivity contribution in [1.29, 1.82) is 0 Å². The average Bonchev–Trinajstić information content (AvgIpc) is 3.22. The molecule has 1 unspecified atom stereocenters. The molecule has 3 heterocycles. The quantitative estimate of drug-likeness (QED) is 0.492. The van der Waals surface area contributed by atoms with Crippen molar-refractivity contribution in [2.24, 2.45) is 0 Å². The molecule has 4 rings (SSSR count). The highest BCUT2D eigenvalue weighted by atomic mass is 32.1. The number of aliphatic hydroxyl groups is 1. The van der Waals surface area contributed by atoms with E-state index in [2.05, 4.69) is 30.8 Å². The number of amides is 1. The van der Waals surface area contributed by atoms with Crippen LogP contribution in [0.4, 0.5) is 10.2 Å². The summed E-state index contributed by atoms with van der Waals surface area (Å²) in [7, 11) is 0. The molecule has 162 valence electrons. The summed E-state index contributed by atoms with van der Waals surface area (Å²) in [5.74, 6) is -0.0954. The Hall–Kier alpha value is -2.98. The van der Waals surface area contributed by atoms with Gasteiger partial charge in [0.25, 0.3) is 0 Å². The number of nitrogens with one attached hydrogen (secondary N) is 2. The molecule has 10 heteroatoms. The first kappa shape index (κ1) is 21.3. The van der Waals surface area contributed by atoms with Crippen LogP contribution < -0.4 is 10.6 Å². The summed E-state index contributed by atoms with van der Waals surface area (Å²) in [6, 6.07) is 6.70. The van der Waals surface area contributed by atoms with E-state index in [9.17, 15) is 14.3 Å². The number of nitrogens with zero attached hydrogens (tertiary/aromatic N) is 4. The van der Waals surface area contributed by atoms with Crippen molar-refractivity contribution >= 4 is 23.1 Å². The molecule has 0 spiro atoms. The first-order valence-corrected chi connectivity index (χ1v) is 10.9. The van der Waals surface area contributed by atoms with Crippen LogP contribution in [-0.2, 0) is 16.8 Å². The highest BCUT2D eigenvalue weighted by Crippen LogP contribution is 2.43. The van der Waals surface area contributed by atoms with Crippen molar-refractivity contribution < 1.29 is 14.3 Å². The van der Waals surface area contributed by atoms with Crippen molar-refractivity contribution in [3.63, 3.8) is 0 Å². The minimum Gasteiger partial charge on any atom is -0.384 e. The van der Waals surface area contributed by atoms with E-state index in [1.165, 1.54) is 24.3 Å². The maximum Gasteiger partial charge on any atom is 0.248 e. The highest BCUT2D eigenvalue weighted by molar-refractivity contribution is 7.15. The Balaban J connectivity index is 1.38. The fourth-order valence-corrected chi connectivity index (χ4v) is 4.32. The summed E-state index contributed by atoms with van der Waals surface area (Å²) in [5.41, 5.74) is 0.820. The molecule has 0 aromatic carbocycles. The zero-order valence-corrected chi connectivity index (χ0v) is 17.8. The molecule has 1 atom stereocenters. The lowest BCUT2D eigenvalue weighted by Crippen LogP contribution is -2.42. The molecule has 1 fully saturated rings. The van der Waals surface area contributed by atoms with Gasteiger partial charge in [0.1, 0.15) is 28.4 Å². The second kappa shape index (κ2) is 9.03. The second-order valence-corrected chi connectivity index (χ2v) is 8.77. The maximum absolute atomic E-state index is 14.3. The van der Waals surface area contributed by atoms with E-state index < -0.39 is 12.0 Å². The standard InChI is InChI=1S/C21H23FN6O2S/c1-13(29)19(30)24-10-14-11-25-20(31-14)16-5-6-17(28-27-16)26-12-21(7-3-8-21)18-15(22)4-2-9-23-18/h2,4-6,9,11,13,29H,3,7-8,10,12H2,1H3,(H,24,30)(H,26,28). The van der Waals surface area contributed by atoms with Gasteiger partial charge in [0, 0.05) is 29.2 Å². The molecule has 0 aliphatic heterocycles. The van der Waals surface area contributed by atoms with Gasteiger partial charge in [-0.25, -0.2) is 9.37 Å². The van der Waals surface area contributed by atoms with Crippen LogP contribution in [0.25, 0.3) is 10.7 Å². The Morgan fingerprint density at radius 1 is 1.29 bits per heavy atom. The zero-order valence-electron chi connectivity index (χ0n) is 17.0. The lowest BCUT2D eigenvalue weighted by atomic mass is 9.66. The Labute approximate surface area is 183 Å². The molecule has 3 aromatic rings. The number of anilines is 1. The van der Waals surface area contributed by atoms with Crippen molar-refractivity contribution in [2.75, 3.05) is 11.9 Å². The van der Waals surface area contributed by atoms with Gasteiger partial charge in [-0.1, -0.05) is 6.42 Å². The fourth-order valence-electron chi connectivity index (χ4n) is 3.51. The largest absolute Gasteiger partial charge is 0.384 e. The molecule has 1 aliphatic rings. The second-order valence-electron chi connectivity index (χ2n) is 7.65. The van der Waals surface area contributed by atoms with E-state index in [1.807, 2.05) is 12.1 Å². The van der Waals surface area contributed by atoms with Crippen LogP contribution in [0.1, 0.15) is 36.8 Å². The normalized spacial score (nSPS) is 15.7. The SMILES string of the molecule is CC(O)C(=O)NCc1cnc(-c2ccc(NCC3(c4ncccc4F)CCC3)nn2)s1. The third kappa shape index (κ3) is 4.70. The predicted octanol–water partition coefficient (Wildman–Crippen LogP) is 2.67. The summed E-state index contributed by atoms with van der Waals surface area (Å²) in [6.45, 7) is 2.25. The molecule has 3 N–H and O–H groups in total. The minimum absolute atomic E-state index is 0.269. The van der Waals surface area contributed by atoms with Gasteiger partial charge in [0.05, 0.1) is 12.2 Å². The molecule has 3 aromatic heterocycles. The van der Waals surface area contributed by atoms with Crippen LogP contribution in [0.3, 0.4) is 0 Å². The van der Waals surface area contributed by atoms with E-state index in [-0.39, 0.29) is 11.2 Å². The molecular weight excluding hydrogens is 419 g/mol. The highest BCUT2D eigenvalue weighted by Gasteiger charge is 2.41. The van der Waals surface area contributed by atoms with E-state index in [0.717, 1.165) is 24.1 Å². The molecule has 31 heavy (non-hydrogen) atoms. The zero-order chi connectivity index (χ0) is 21.8. The minimum atomic E-state index is -1.05. The number of hydrogen-bond acceptors (Lipinski definition) is 8. The molecule has 0 radical (unpaired) electrons. The number of pyridine rings is 1. The number of carbonyl (C=O) groups is 1. The number of aromatic nitrogens is 4. The first-order chi connectivity index (χ1) is 15.0. The fraction of sp³-hybridized carbons (Fsp3) is 0.381. The van der Waals surface area contributed by atoms with E-state index >= 15 is 0 Å². The van der Waals surface area contributed by atoms with Crippen molar-refractivity contribution in [3.05, 3.63) is 53.0 Å². The number of aliphatic hydroxyl groups excluding tert-OH is 1. The number of carbonyl (C=O) groups excluding carboxylic acids is 1. The molecule has 8 nitrogen and oxygen atoms in total. The maximum atomic E-state index is 14.3. The number of hydrogen-bond donors (Lipinski definition) is 3. The summed E-state index contributed by atoms with van der Waals surface area (Å²) < 4.78 is 14.3. The van der Waals surface area contributed by atoms with Gasteiger partial charge in [-0.15, -0.1) is 21.5 Å². The lowest BCUT2D eigenvalue weighted by Gasteiger charge is -2.41. The van der Waals surface area contributed by atoms with Crippen LogP contribution in [0.5, 0.6) is 0 Å². The Morgan fingerprint density at radius 2 is 2.13 bits per heavy atom. The average molecular weight is 443 g/mol. The topological polar surface area (TPSA) is 113 Å². The van der Waals surface area contributed by atoms with Crippen molar-refractivity contribution in [1.82, 2.24) is 25.5 Å². The molecule has 1 aliphatic carbocycles. The summed E-state index contributed by atoms with van der Waals surface area (Å²) in [5, 5.41) is 24.3. The predicted molar refractivity (Wildman–Crippen MR) is 115 cm³/mol. The van der Waals surface area contributed by atoms with Crippen LogP contribution in [0.2, 0.25) is 0 Å². The summed E-state index contributed by atoms with van der Waals surface area (Å²) >= 11 is 1.39. The molecular formula is C21H23FN6O2S. The van der Waals surface area contributed by atoms with Crippen LogP contribution in [0, 0.1) is 5.82 Å². The summed E-state index contributed by atoms with van der Waals surface area (Å²) in [6.07, 6.45) is 5.06. The third-order valence-corrected chi connectivity index (χ3v) is 6.45. The first-order valence-electron chi connectivity index (χ1n) is 10.1. The van der Waals surface area contributed by atoms with Gasteiger partial charge in [-0.3, -0.25) is 9.78 Å². The Bertz CT molecular complexity index is 1050. The van der Waals surface area contributed by atoms with Gasteiger partial charge in [-0.05, 0) is 44.0 Å². The van der Waals surface area contributed by atoms with Gasteiger partial charge in [-0.2, -0.15) is 0 Å². The van der Waals surface area contributed by atoms with Crippen LogP contribution in [-0.4, -0.2) is 43.8 Å². The van der Waals surface area contributed by atoms with Gasteiger partial charge in [0.2, 0.25) is 5.91 Å². The molecule has 0 bridgehead atoms. The monoisotopic (exact) mass is 442 g/mol. The van der Waals surface area contributed by atoms with Crippen molar-refractivity contribution in [2.45, 2.75) is 44.2 Å². The molecule has 1 saturated carbocycles. The van der Waals surface area contributed by atoms with Crippen LogP contribution >= 0.6 is 11.3 Å². The lowest BCUT2D eigenvalue weighted by molar-refractivity contribution is -0.128. The van der Waals surface area contributed by atoms with E-state index in [4.69, 9.17) is 0 Å². The van der Waals surface area contributed by atoms with Gasteiger partial charge >= 0.3 is 0 Å². The smallest absolute Gasteiger partial charge is 0.248 e. The number of thiazole rings is 1. The molecule has 0 saturated heterocycles. The molecule has 1 amide bonds. The Morgan fingerprint density at radius 3 is 2.77 bits per heavy atom. The summed E-state index contributed by atoms with van der Waals surface area (Å²) in [4.78, 5) is 20.9. The van der Waals surface area contributed by atoms with Gasteiger partial charge in [0.15, 0.2) is 0 Å². The van der Waals surface area contributed by atoms with Crippen molar-refractivity contribution in [3.8, 4) is 10.7 Å². The number of rotatable bonds is 8.